The van der Waals surface area contributed by atoms with Crippen molar-refractivity contribution in [2.45, 2.75) is 232 Å². The fourth-order valence-electron chi connectivity index (χ4n) is 6.97. The second-order valence-electron chi connectivity index (χ2n) is 17.4. The molecule has 0 saturated carbocycles. The number of allylic oxidation sites excluding steroid dienone is 20. The molecule has 0 radical (unpaired) electrons. The van der Waals surface area contributed by atoms with Crippen LogP contribution in [0.1, 0.15) is 226 Å². The van der Waals surface area contributed by atoms with Gasteiger partial charge in [-0.15, -0.1) is 0 Å². The van der Waals surface area contributed by atoms with Crippen LogP contribution in [0.15, 0.2) is 122 Å². The second-order valence-corrected chi connectivity index (χ2v) is 17.4. The van der Waals surface area contributed by atoms with Gasteiger partial charge in [0.25, 0.3) is 0 Å². The largest absolute Gasteiger partial charge is 0.462 e. The van der Waals surface area contributed by atoms with E-state index >= 15 is 0 Å². The maximum absolute atomic E-state index is 12.8. The van der Waals surface area contributed by atoms with E-state index in [0.717, 1.165) is 116 Å². The molecule has 0 aliphatic rings. The van der Waals surface area contributed by atoms with Crippen LogP contribution >= 0.6 is 0 Å². The maximum Gasteiger partial charge on any atom is 0.306 e. The Morgan fingerprint density at radius 3 is 0.955 bits per heavy atom. The molecular formula is C61H98O6. The standard InChI is InChI=1S/C61H98O6/c1-4-7-10-13-16-19-22-25-27-29-30-32-33-36-39-42-45-48-51-54-60(63)66-57-58(56-65-59(62)53-50-47-44-41-38-35-24-21-18-15-12-9-6-3)67-61(64)55-52-49-46-43-40-37-34-31-28-26-23-20-17-14-11-8-5-2/h7-8,10-11,16-17,19-20,25-28,30,32,34,36-37,39,43,46,58H,4-6,9,12-15,18,21-24,29,31,33,35,38,40-42,44-45,47-57H2,1-3H3/b10-7-,11-8-,19-16-,20-17-,27-25-,28-26-,32-30-,37-34-,39-36-,46-43-. The molecule has 6 heteroatoms. The lowest BCUT2D eigenvalue weighted by Crippen LogP contribution is -2.30. The summed E-state index contributed by atoms with van der Waals surface area (Å²) in [6, 6.07) is 0. The Balaban J connectivity index is 4.55. The van der Waals surface area contributed by atoms with Crippen molar-refractivity contribution >= 4 is 17.9 Å². The van der Waals surface area contributed by atoms with Gasteiger partial charge in [0, 0.05) is 19.3 Å². The van der Waals surface area contributed by atoms with E-state index in [1.54, 1.807) is 0 Å². The first kappa shape index (κ1) is 62.8. The molecule has 0 aliphatic heterocycles. The molecule has 0 bridgehead atoms. The van der Waals surface area contributed by atoms with Gasteiger partial charge in [0.15, 0.2) is 6.10 Å². The highest BCUT2D eigenvalue weighted by Gasteiger charge is 2.19. The summed E-state index contributed by atoms with van der Waals surface area (Å²) in [6.07, 6.45) is 74.7. The molecule has 378 valence electrons. The van der Waals surface area contributed by atoms with Crippen LogP contribution in [0.25, 0.3) is 0 Å². The van der Waals surface area contributed by atoms with Crippen molar-refractivity contribution in [3.63, 3.8) is 0 Å². The lowest BCUT2D eigenvalue weighted by Gasteiger charge is -2.18. The van der Waals surface area contributed by atoms with Gasteiger partial charge < -0.3 is 14.2 Å². The van der Waals surface area contributed by atoms with E-state index in [-0.39, 0.29) is 37.5 Å². The van der Waals surface area contributed by atoms with Gasteiger partial charge in [-0.2, -0.15) is 0 Å². The summed E-state index contributed by atoms with van der Waals surface area (Å²) in [6.45, 7) is 6.32. The van der Waals surface area contributed by atoms with Crippen molar-refractivity contribution in [2.24, 2.45) is 0 Å². The smallest absolute Gasteiger partial charge is 0.306 e. The van der Waals surface area contributed by atoms with Crippen LogP contribution in [0.4, 0.5) is 0 Å². The molecule has 0 rings (SSSR count). The van der Waals surface area contributed by atoms with Crippen LogP contribution in [0.3, 0.4) is 0 Å². The molecule has 0 aromatic carbocycles. The number of unbranched alkanes of at least 4 members (excludes halogenated alkanes) is 16. The second kappa shape index (κ2) is 54.4. The van der Waals surface area contributed by atoms with E-state index in [4.69, 9.17) is 14.2 Å². The highest BCUT2D eigenvalue weighted by molar-refractivity contribution is 5.71. The fourth-order valence-corrected chi connectivity index (χ4v) is 6.97. The highest BCUT2D eigenvalue weighted by Crippen LogP contribution is 2.14. The van der Waals surface area contributed by atoms with Gasteiger partial charge in [0.05, 0.1) is 0 Å². The van der Waals surface area contributed by atoms with Crippen molar-refractivity contribution in [3.05, 3.63) is 122 Å². The number of hydrogen-bond donors (Lipinski definition) is 0. The Labute approximate surface area is 412 Å². The third-order valence-corrected chi connectivity index (χ3v) is 11.0. The minimum absolute atomic E-state index is 0.113. The molecule has 0 heterocycles. The Morgan fingerprint density at radius 1 is 0.313 bits per heavy atom. The molecule has 0 amide bonds. The summed E-state index contributed by atoms with van der Waals surface area (Å²) in [5.74, 6) is -1.01. The minimum Gasteiger partial charge on any atom is -0.462 e. The lowest BCUT2D eigenvalue weighted by atomic mass is 10.0. The monoisotopic (exact) mass is 927 g/mol. The summed E-state index contributed by atoms with van der Waals surface area (Å²) in [5, 5.41) is 0. The summed E-state index contributed by atoms with van der Waals surface area (Å²) in [4.78, 5) is 38.0. The van der Waals surface area contributed by atoms with Crippen LogP contribution < -0.4 is 0 Å². The molecule has 6 nitrogen and oxygen atoms in total. The van der Waals surface area contributed by atoms with Gasteiger partial charge in [0.2, 0.25) is 0 Å². The first-order chi connectivity index (χ1) is 33.0. The van der Waals surface area contributed by atoms with E-state index in [1.807, 2.05) is 0 Å². The third kappa shape index (κ3) is 52.6. The molecule has 1 atom stereocenters. The molecule has 0 aliphatic carbocycles. The van der Waals surface area contributed by atoms with Crippen LogP contribution in [0.5, 0.6) is 0 Å². The topological polar surface area (TPSA) is 78.9 Å². The van der Waals surface area contributed by atoms with Gasteiger partial charge in [-0.1, -0.05) is 226 Å². The maximum atomic E-state index is 12.8. The van der Waals surface area contributed by atoms with E-state index in [0.29, 0.717) is 19.3 Å². The molecule has 0 fully saturated rings. The number of ether oxygens (including phenoxy) is 3. The van der Waals surface area contributed by atoms with Crippen LogP contribution in [0.2, 0.25) is 0 Å². The zero-order valence-corrected chi connectivity index (χ0v) is 43.1. The molecule has 0 aromatic rings. The molecule has 67 heavy (non-hydrogen) atoms. The SMILES string of the molecule is CC/C=C\C/C=C\C/C=C\C/C=C\C/C=C\CCCCCC(=O)OCC(COC(=O)CCCCCCCCCCCCCCC)OC(=O)CCC/C=C\C/C=C\C/C=C\C/C=C\C/C=C\CC. The predicted molar refractivity (Wildman–Crippen MR) is 288 cm³/mol. The third-order valence-electron chi connectivity index (χ3n) is 11.0. The van der Waals surface area contributed by atoms with E-state index < -0.39 is 6.10 Å². The molecule has 0 N–H and O–H groups in total. The van der Waals surface area contributed by atoms with Crippen molar-refractivity contribution in [2.75, 3.05) is 13.2 Å². The van der Waals surface area contributed by atoms with Crippen molar-refractivity contribution < 1.29 is 28.6 Å². The Kier molecular flexibility index (Phi) is 51.0. The fraction of sp³-hybridized carbons (Fsp3) is 0.623. The predicted octanol–water partition coefficient (Wildman–Crippen LogP) is 18.1. The Hall–Kier alpha value is -4.19. The quantitative estimate of drug-likeness (QED) is 0.0262. The Morgan fingerprint density at radius 2 is 0.597 bits per heavy atom. The van der Waals surface area contributed by atoms with E-state index in [1.165, 1.54) is 64.2 Å². The van der Waals surface area contributed by atoms with E-state index in [2.05, 4.69) is 142 Å². The summed E-state index contributed by atoms with van der Waals surface area (Å²) >= 11 is 0. The number of carbonyl (C=O) groups excluding carboxylic acids is 3. The van der Waals surface area contributed by atoms with E-state index in [9.17, 15) is 14.4 Å². The first-order valence-electron chi connectivity index (χ1n) is 27.0. The average molecular weight is 927 g/mol. The van der Waals surface area contributed by atoms with Gasteiger partial charge >= 0.3 is 17.9 Å². The molecule has 0 aromatic heterocycles. The zero-order valence-electron chi connectivity index (χ0n) is 43.1. The number of esters is 3. The molecular weight excluding hydrogens is 829 g/mol. The van der Waals surface area contributed by atoms with Gasteiger partial charge in [0.1, 0.15) is 13.2 Å². The van der Waals surface area contributed by atoms with Crippen molar-refractivity contribution in [3.8, 4) is 0 Å². The van der Waals surface area contributed by atoms with Crippen LogP contribution in [-0.2, 0) is 28.6 Å². The summed E-state index contributed by atoms with van der Waals surface area (Å²) in [5.41, 5.74) is 0. The summed E-state index contributed by atoms with van der Waals surface area (Å²) in [7, 11) is 0. The molecule has 1 unspecified atom stereocenters. The molecule has 0 saturated heterocycles. The van der Waals surface area contributed by atoms with Crippen molar-refractivity contribution in [1.29, 1.82) is 0 Å². The van der Waals surface area contributed by atoms with Crippen molar-refractivity contribution in [1.82, 2.24) is 0 Å². The molecule has 0 spiro atoms. The van der Waals surface area contributed by atoms with Crippen LogP contribution in [-0.4, -0.2) is 37.2 Å². The lowest BCUT2D eigenvalue weighted by molar-refractivity contribution is -0.167. The number of rotatable bonds is 47. The minimum atomic E-state index is -0.823. The highest BCUT2D eigenvalue weighted by atomic mass is 16.6. The normalized spacial score (nSPS) is 13.1. The Bertz CT molecular complexity index is 1440. The number of carbonyl (C=O) groups is 3. The van der Waals surface area contributed by atoms with Crippen LogP contribution in [0, 0.1) is 0 Å². The van der Waals surface area contributed by atoms with Gasteiger partial charge in [-0.05, 0) is 103 Å². The number of hydrogen-bond acceptors (Lipinski definition) is 6. The average Bonchev–Trinajstić information content (AvgIpc) is 3.33. The van der Waals surface area contributed by atoms with Gasteiger partial charge in [-0.3, -0.25) is 14.4 Å². The van der Waals surface area contributed by atoms with Gasteiger partial charge in [-0.25, -0.2) is 0 Å². The first-order valence-corrected chi connectivity index (χ1v) is 27.0. The summed E-state index contributed by atoms with van der Waals surface area (Å²) < 4.78 is 16.7. The zero-order chi connectivity index (χ0) is 48.6.